The molecule has 1 aliphatic rings. The van der Waals surface area contributed by atoms with Gasteiger partial charge in [0.05, 0.1) is 6.04 Å². The average Bonchev–Trinajstić information content (AvgIpc) is 3.62. The number of hydrogen-bond donors (Lipinski definition) is 1. The molecule has 0 fully saturated rings. The molecule has 0 bridgehead atoms. The van der Waals surface area contributed by atoms with Gasteiger partial charge in [-0.3, -0.25) is 9.48 Å². The predicted octanol–water partition coefficient (Wildman–Crippen LogP) is 6.20. The Morgan fingerprint density at radius 3 is 2.44 bits per heavy atom. The van der Waals surface area contributed by atoms with Crippen LogP contribution in [0.25, 0.3) is 22.5 Å². The number of fused-ring (bicyclic) bond motifs is 1. The fourth-order valence-electron chi connectivity index (χ4n) is 5.97. The minimum absolute atomic E-state index is 0.175. The summed E-state index contributed by atoms with van der Waals surface area (Å²) < 4.78 is 4.37. The summed E-state index contributed by atoms with van der Waals surface area (Å²) in [6.07, 6.45) is 7.09. The van der Waals surface area contributed by atoms with Crippen molar-refractivity contribution in [3.63, 3.8) is 0 Å². The maximum atomic E-state index is 13.8. The molecule has 3 heterocycles. The Morgan fingerprint density at radius 1 is 0.923 bits per heavy atom. The second-order valence-corrected chi connectivity index (χ2v) is 10.4. The van der Waals surface area contributed by atoms with Crippen molar-refractivity contribution in [2.75, 3.05) is 0 Å². The summed E-state index contributed by atoms with van der Waals surface area (Å²) in [4.78, 5) is 13.8. The smallest absolute Gasteiger partial charge is 0.270 e. The molecular weight excluding hydrogens is 484 g/mol. The zero-order chi connectivity index (χ0) is 26.6. The molecular formula is C32H34N6O. The van der Waals surface area contributed by atoms with E-state index in [1.54, 1.807) is 0 Å². The molecule has 0 amide bonds. The standard InChI is InChI=1S/C32H34N6O/c1-2-3-5-15-30-28(32(39)37-21-10-16-29(38(30)37)25-11-6-4-7-12-25)22-23-17-19-24(20-18-23)26-13-8-9-14-27(26)31-33-35-36-34-31/h4,6-9,11-14,17-20,29H,2-3,5,10,15-16,21-22H2,1H3,(H,33,34,35,36). The van der Waals surface area contributed by atoms with E-state index in [0.29, 0.717) is 12.2 Å². The highest BCUT2D eigenvalue weighted by atomic mass is 16.1. The molecule has 39 heavy (non-hydrogen) atoms. The molecule has 0 aliphatic carbocycles. The summed E-state index contributed by atoms with van der Waals surface area (Å²) in [6, 6.07) is 27.6. The quantitative estimate of drug-likeness (QED) is 0.236. The molecule has 0 saturated heterocycles. The third-order valence-electron chi connectivity index (χ3n) is 7.90. The topological polar surface area (TPSA) is 81.4 Å². The maximum Gasteiger partial charge on any atom is 0.270 e. The molecule has 3 aromatic carbocycles. The van der Waals surface area contributed by atoms with Crippen molar-refractivity contribution in [3.8, 4) is 22.5 Å². The zero-order valence-electron chi connectivity index (χ0n) is 22.4. The van der Waals surface area contributed by atoms with Crippen LogP contribution in [0.2, 0.25) is 0 Å². The molecule has 1 N–H and O–H groups in total. The molecule has 2 aromatic heterocycles. The number of tetrazole rings is 1. The first-order valence-electron chi connectivity index (χ1n) is 14.0. The molecule has 1 unspecified atom stereocenters. The average molecular weight is 519 g/mol. The van der Waals surface area contributed by atoms with Gasteiger partial charge in [0.1, 0.15) is 0 Å². The van der Waals surface area contributed by atoms with E-state index < -0.39 is 0 Å². The Hall–Kier alpha value is -4.26. The lowest BCUT2D eigenvalue weighted by Crippen LogP contribution is -2.32. The SMILES string of the molecule is CCCCCc1c(Cc2ccc(-c3ccccc3-c3nnn[nH]3)cc2)c(=O)n2n1C(c1ccccc1)CCC2. The van der Waals surface area contributed by atoms with E-state index in [1.807, 2.05) is 22.9 Å². The largest absolute Gasteiger partial charge is 0.279 e. The predicted molar refractivity (Wildman–Crippen MR) is 154 cm³/mol. The molecule has 0 saturated carbocycles. The van der Waals surface area contributed by atoms with Gasteiger partial charge in [0.2, 0.25) is 0 Å². The Bertz CT molecular complexity index is 1580. The summed E-state index contributed by atoms with van der Waals surface area (Å²) in [7, 11) is 0. The van der Waals surface area contributed by atoms with Crippen LogP contribution in [0, 0.1) is 0 Å². The molecule has 5 aromatic rings. The first-order valence-corrected chi connectivity index (χ1v) is 14.0. The van der Waals surface area contributed by atoms with E-state index in [0.717, 1.165) is 66.5 Å². The van der Waals surface area contributed by atoms with E-state index in [-0.39, 0.29) is 11.6 Å². The highest BCUT2D eigenvalue weighted by Gasteiger charge is 2.28. The van der Waals surface area contributed by atoms with E-state index in [4.69, 9.17) is 0 Å². The van der Waals surface area contributed by atoms with Crippen LogP contribution in [-0.4, -0.2) is 30.0 Å². The monoisotopic (exact) mass is 518 g/mol. The number of aromatic nitrogens is 6. The number of benzene rings is 3. The van der Waals surface area contributed by atoms with Crippen molar-refractivity contribution in [2.45, 2.75) is 64.5 Å². The molecule has 7 heteroatoms. The fourth-order valence-corrected chi connectivity index (χ4v) is 5.97. The first kappa shape index (κ1) is 25.0. The van der Waals surface area contributed by atoms with Crippen LogP contribution in [0.3, 0.4) is 0 Å². The molecule has 7 nitrogen and oxygen atoms in total. The van der Waals surface area contributed by atoms with Gasteiger partial charge >= 0.3 is 0 Å². The van der Waals surface area contributed by atoms with E-state index in [9.17, 15) is 4.79 Å². The minimum Gasteiger partial charge on any atom is -0.279 e. The van der Waals surface area contributed by atoms with Crippen LogP contribution >= 0.6 is 0 Å². The van der Waals surface area contributed by atoms with Gasteiger partial charge in [-0.05, 0) is 58.4 Å². The summed E-state index contributed by atoms with van der Waals surface area (Å²) in [5.41, 5.74) is 7.89. The number of aromatic amines is 1. The lowest BCUT2D eigenvalue weighted by molar-refractivity contribution is 0.302. The van der Waals surface area contributed by atoms with Crippen molar-refractivity contribution >= 4 is 0 Å². The van der Waals surface area contributed by atoms with Crippen LogP contribution in [0.4, 0.5) is 0 Å². The van der Waals surface area contributed by atoms with Gasteiger partial charge < -0.3 is 0 Å². The van der Waals surface area contributed by atoms with Crippen molar-refractivity contribution in [1.29, 1.82) is 0 Å². The molecule has 198 valence electrons. The summed E-state index contributed by atoms with van der Waals surface area (Å²) >= 11 is 0. The van der Waals surface area contributed by atoms with E-state index in [1.165, 1.54) is 17.7 Å². The summed E-state index contributed by atoms with van der Waals surface area (Å²) in [5.74, 6) is 0.645. The van der Waals surface area contributed by atoms with Gasteiger partial charge in [-0.1, -0.05) is 98.6 Å². The molecule has 6 rings (SSSR count). The molecule has 1 atom stereocenters. The second kappa shape index (κ2) is 11.2. The summed E-state index contributed by atoms with van der Waals surface area (Å²) in [5, 5.41) is 14.4. The molecule has 0 spiro atoms. The number of nitrogens with one attached hydrogen (secondary N) is 1. The third kappa shape index (κ3) is 4.97. The van der Waals surface area contributed by atoms with Gasteiger partial charge in [-0.2, -0.15) is 0 Å². The van der Waals surface area contributed by atoms with Crippen LogP contribution < -0.4 is 5.56 Å². The number of nitrogens with zero attached hydrogens (tertiary/aromatic N) is 5. The van der Waals surface area contributed by atoms with E-state index >= 15 is 0 Å². The van der Waals surface area contributed by atoms with Crippen LogP contribution in [0.5, 0.6) is 0 Å². The number of H-pyrrole nitrogens is 1. The van der Waals surface area contributed by atoms with Crippen molar-refractivity contribution < 1.29 is 0 Å². The Kier molecular flexibility index (Phi) is 7.21. The highest BCUT2D eigenvalue weighted by Crippen LogP contribution is 2.32. The number of hydrogen-bond acceptors (Lipinski definition) is 4. The van der Waals surface area contributed by atoms with Gasteiger partial charge in [-0.15, -0.1) is 5.10 Å². The zero-order valence-corrected chi connectivity index (χ0v) is 22.4. The molecule has 0 radical (unpaired) electrons. The van der Waals surface area contributed by atoms with Crippen molar-refractivity contribution in [1.82, 2.24) is 30.0 Å². The minimum atomic E-state index is 0.175. The van der Waals surface area contributed by atoms with Gasteiger partial charge in [0.25, 0.3) is 5.56 Å². The summed E-state index contributed by atoms with van der Waals surface area (Å²) in [6.45, 7) is 3.02. The van der Waals surface area contributed by atoms with Crippen LogP contribution in [0.1, 0.15) is 67.5 Å². The van der Waals surface area contributed by atoms with Crippen LogP contribution in [0.15, 0.2) is 83.7 Å². The van der Waals surface area contributed by atoms with E-state index in [2.05, 4.69) is 92.9 Å². The Labute approximate surface area is 228 Å². The second-order valence-electron chi connectivity index (χ2n) is 10.4. The number of rotatable bonds is 9. The van der Waals surface area contributed by atoms with Crippen molar-refractivity contribution in [3.05, 3.63) is 112 Å². The van der Waals surface area contributed by atoms with Gasteiger partial charge in [0.15, 0.2) is 5.82 Å². The number of unbranched alkanes of at least 4 members (excludes halogenated alkanes) is 2. The Balaban J connectivity index is 1.35. The third-order valence-corrected chi connectivity index (χ3v) is 7.90. The van der Waals surface area contributed by atoms with Gasteiger partial charge in [-0.25, -0.2) is 9.78 Å². The Morgan fingerprint density at radius 2 is 1.69 bits per heavy atom. The maximum absolute atomic E-state index is 13.8. The highest BCUT2D eigenvalue weighted by molar-refractivity contribution is 5.80. The van der Waals surface area contributed by atoms with Crippen LogP contribution in [-0.2, 0) is 19.4 Å². The van der Waals surface area contributed by atoms with Crippen molar-refractivity contribution in [2.24, 2.45) is 0 Å². The van der Waals surface area contributed by atoms with Gasteiger partial charge in [0, 0.05) is 29.8 Å². The lowest BCUT2D eigenvalue weighted by Gasteiger charge is -2.29. The molecule has 1 aliphatic heterocycles. The lowest BCUT2D eigenvalue weighted by atomic mass is 9.96. The normalized spacial score (nSPS) is 14.8. The first-order chi connectivity index (χ1) is 19.2. The fraction of sp³-hybridized carbons (Fsp3) is 0.312.